The minimum absolute atomic E-state index is 0.00366. The number of nitrogens with zero attached hydrogens (tertiary/aromatic N) is 4. The van der Waals surface area contributed by atoms with E-state index in [2.05, 4.69) is 22.1 Å². The molecule has 5 rings (SSSR count). The monoisotopic (exact) mass is 520 g/mol. The summed E-state index contributed by atoms with van der Waals surface area (Å²) in [6.07, 6.45) is 2.21. The summed E-state index contributed by atoms with van der Waals surface area (Å²) in [7, 11) is 1.91. The summed E-state index contributed by atoms with van der Waals surface area (Å²) < 4.78 is 7.27. The summed E-state index contributed by atoms with van der Waals surface area (Å²) >= 11 is 5.98. The summed E-state index contributed by atoms with van der Waals surface area (Å²) in [6, 6.07) is 18.0. The summed E-state index contributed by atoms with van der Waals surface area (Å²) in [5.41, 5.74) is 5.12. The van der Waals surface area contributed by atoms with Crippen molar-refractivity contribution in [3.05, 3.63) is 82.1 Å². The molecular formula is C29H33ClN4O3. The second-order valence-electron chi connectivity index (χ2n) is 9.98. The van der Waals surface area contributed by atoms with Gasteiger partial charge in [0.2, 0.25) is 5.91 Å². The van der Waals surface area contributed by atoms with Gasteiger partial charge in [0.1, 0.15) is 5.78 Å². The molecule has 0 aliphatic carbocycles. The first-order chi connectivity index (χ1) is 17.9. The Morgan fingerprint density at radius 3 is 2.46 bits per heavy atom. The fourth-order valence-electron chi connectivity index (χ4n) is 5.11. The first-order valence-electron chi connectivity index (χ1n) is 12.9. The van der Waals surface area contributed by atoms with Gasteiger partial charge < -0.3 is 9.64 Å². The molecule has 37 heavy (non-hydrogen) atoms. The van der Waals surface area contributed by atoms with Gasteiger partial charge in [0.25, 0.3) is 0 Å². The molecular weight excluding hydrogens is 488 g/mol. The molecule has 1 atom stereocenters. The van der Waals surface area contributed by atoms with E-state index in [0.29, 0.717) is 6.54 Å². The van der Waals surface area contributed by atoms with Crippen LogP contribution in [0.25, 0.3) is 0 Å². The molecule has 0 saturated carbocycles. The van der Waals surface area contributed by atoms with E-state index in [9.17, 15) is 9.59 Å². The molecule has 2 fully saturated rings. The molecule has 3 heterocycles. The van der Waals surface area contributed by atoms with E-state index in [0.717, 1.165) is 67.8 Å². The van der Waals surface area contributed by atoms with Crippen LogP contribution in [0.2, 0.25) is 5.02 Å². The summed E-state index contributed by atoms with van der Waals surface area (Å²) in [5.74, 6) is -0.230. The van der Waals surface area contributed by atoms with E-state index in [1.807, 2.05) is 54.2 Å². The number of morpholine rings is 1. The van der Waals surface area contributed by atoms with Crippen LogP contribution in [0.1, 0.15) is 28.9 Å². The zero-order chi connectivity index (χ0) is 25.8. The average Bonchev–Trinajstić information content (AvgIpc) is 3.46. The zero-order valence-electron chi connectivity index (χ0n) is 21.2. The molecule has 1 amide bonds. The van der Waals surface area contributed by atoms with E-state index in [1.54, 1.807) is 4.90 Å². The number of hydrogen-bond donors (Lipinski definition) is 0. The van der Waals surface area contributed by atoms with Crippen LogP contribution >= 0.6 is 11.6 Å². The van der Waals surface area contributed by atoms with Crippen molar-refractivity contribution >= 4 is 29.0 Å². The molecule has 8 heteroatoms. The molecule has 0 bridgehead atoms. The van der Waals surface area contributed by atoms with E-state index in [1.165, 1.54) is 11.1 Å². The Labute approximate surface area is 223 Å². The van der Waals surface area contributed by atoms with Crippen molar-refractivity contribution in [1.82, 2.24) is 14.7 Å². The number of anilines is 1. The SMILES string of the molecule is Cn1nc(CC(=O)C2CC(=O)N(c3ccc(CN4CCOCC4)cc3)C2)cc1CCc1ccc(Cl)cc1. The highest BCUT2D eigenvalue weighted by molar-refractivity contribution is 6.30. The second-order valence-corrected chi connectivity index (χ2v) is 10.4. The summed E-state index contributed by atoms with van der Waals surface area (Å²) in [6.45, 7) is 4.74. The van der Waals surface area contributed by atoms with E-state index in [-0.39, 0.29) is 30.4 Å². The Hall–Kier alpha value is -3.00. The number of rotatable bonds is 9. The van der Waals surface area contributed by atoms with Crippen LogP contribution in [0.3, 0.4) is 0 Å². The van der Waals surface area contributed by atoms with Crippen molar-refractivity contribution in [3.63, 3.8) is 0 Å². The van der Waals surface area contributed by atoms with Crippen molar-refractivity contribution < 1.29 is 14.3 Å². The van der Waals surface area contributed by atoms with Crippen LogP contribution in [-0.4, -0.2) is 59.2 Å². The Balaban J connectivity index is 1.15. The Morgan fingerprint density at radius 2 is 1.73 bits per heavy atom. The molecule has 7 nitrogen and oxygen atoms in total. The smallest absolute Gasteiger partial charge is 0.227 e. The van der Waals surface area contributed by atoms with Gasteiger partial charge in [-0.2, -0.15) is 5.10 Å². The number of benzene rings is 2. The molecule has 2 aromatic carbocycles. The number of ketones is 1. The predicted octanol–water partition coefficient (Wildman–Crippen LogP) is 3.86. The maximum absolute atomic E-state index is 13.1. The largest absolute Gasteiger partial charge is 0.379 e. The van der Waals surface area contributed by atoms with Crippen molar-refractivity contribution in [2.75, 3.05) is 37.7 Å². The van der Waals surface area contributed by atoms with Gasteiger partial charge in [-0.05, 0) is 54.3 Å². The minimum Gasteiger partial charge on any atom is -0.379 e. The van der Waals surface area contributed by atoms with Gasteiger partial charge in [-0.15, -0.1) is 0 Å². The lowest BCUT2D eigenvalue weighted by atomic mass is 9.99. The van der Waals surface area contributed by atoms with Crippen LogP contribution in [0.15, 0.2) is 54.6 Å². The highest BCUT2D eigenvalue weighted by atomic mass is 35.5. The van der Waals surface area contributed by atoms with Crippen LogP contribution in [-0.2, 0) is 47.2 Å². The Bertz CT molecular complexity index is 1230. The van der Waals surface area contributed by atoms with Gasteiger partial charge in [-0.25, -0.2) is 0 Å². The average molecular weight is 521 g/mol. The number of hydrogen-bond acceptors (Lipinski definition) is 5. The molecule has 1 unspecified atom stereocenters. The molecule has 3 aromatic rings. The molecule has 194 valence electrons. The van der Waals surface area contributed by atoms with E-state index < -0.39 is 0 Å². The van der Waals surface area contributed by atoms with Crippen molar-refractivity contribution in [3.8, 4) is 0 Å². The number of ether oxygens (including phenoxy) is 1. The zero-order valence-corrected chi connectivity index (χ0v) is 22.0. The third-order valence-electron chi connectivity index (χ3n) is 7.30. The number of halogens is 1. The third-order valence-corrected chi connectivity index (χ3v) is 7.56. The van der Waals surface area contributed by atoms with E-state index >= 15 is 0 Å². The third kappa shape index (κ3) is 6.47. The van der Waals surface area contributed by atoms with Crippen LogP contribution in [0, 0.1) is 5.92 Å². The number of carbonyl (C=O) groups excluding carboxylic acids is 2. The fraction of sp³-hybridized carbons (Fsp3) is 0.414. The van der Waals surface area contributed by atoms with Gasteiger partial charge in [-0.3, -0.25) is 19.2 Å². The fourth-order valence-corrected chi connectivity index (χ4v) is 5.24. The van der Waals surface area contributed by atoms with Crippen LogP contribution in [0.4, 0.5) is 5.69 Å². The second kappa shape index (κ2) is 11.6. The first kappa shape index (κ1) is 25.6. The van der Waals surface area contributed by atoms with Gasteiger partial charge >= 0.3 is 0 Å². The maximum Gasteiger partial charge on any atom is 0.227 e. The summed E-state index contributed by atoms with van der Waals surface area (Å²) in [5, 5.41) is 5.30. The lowest BCUT2D eigenvalue weighted by molar-refractivity contribution is -0.124. The van der Waals surface area contributed by atoms with Gasteiger partial charge in [0.05, 0.1) is 25.3 Å². The highest BCUT2D eigenvalue weighted by Gasteiger charge is 2.35. The lowest BCUT2D eigenvalue weighted by Gasteiger charge is -2.26. The highest BCUT2D eigenvalue weighted by Crippen LogP contribution is 2.27. The minimum atomic E-state index is -0.306. The van der Waals surface area contributed by atoms with Crippen LogP contribution < -0.4 is 4.90 Å². The topological polar surface area (TPSA) is 67.7 Å². The molecule has 2 aliphatic rings. The van der Waals surface area contributed by atoms with Crippen molar-refractivity contribution in [1.29, 1.82) is 0 Å². The first-order valence-corrected chi connectivity index (χ1v) is 13.3. The number of aromatic nitrogens is 2. The summed E-state index contributed by atoms with van der Waals surface area (Å²) in [4.78, 5) is 30.0. The molecule has 0 N–H and O–H groups in total. The Kier molecular flexibility index (Phi) is 8.03. The standard InChI is InChI=1S/C29H33ClN4O3/c1-32-27(11-4-21-2-7-24(30)8-3-21)17-25(31-32)18-28(35)23-16-29(36)34(20-23)26-9-5-22(6-10-26)19-33-12-14-37-15-13-33/h2-3,5-10,17,23H,4,11-16,18-20H2,1H3. The van der Waals surface area contributed by atoms with Crippen molar-refractivity contribution in [2.45, 2.75) is 32.2 Å². The number of amides is 1. The normalized spacial score (nSPS) is 18.5. The molecule has 2 saturated heterocycles. The number of aryl methyl sites for hydroxylation is 3. The maximum atomic E-state index is 13.1. The van der Waals surface area contributed by atoms with Crippen molar-refractivity contribution in [2.24, 2.45) is 13.0 Å². The van der Waals surface area contributed by atoms with Gasteiger partial charge in [0.15, 0.2) is 0 Å². The molecule has 2 aliphatic heterocycles. The lowest BCUT2D eigenvalue weighted by Crippen LogP contribution is -2.35. The number of carbonyl (C=O) groups is 2. The number of Topliss-reactive ketones (excluding diaryl/α,β-unsaturated/α-hetero) is 1. The van der Waals surface area contributed by atoms with E-state index in [4.69, 9.17) is 16.3 Å². The molecule has 0 spiro atoms. The molecule has 1 aromatic heterocycles. The van der Waals surface area contributed by atoms with Gasteiger partial charge in [0, 0.05) is 62.0 Å². The molecule has 0 radical (unpaired) electrons. The Morgan fingerprint density at radius 1 is 1.03 bits per heavy atom. The predicted molar refractivity (Wildman–Crippen MR) is 144 cm³/mol. The van der Waals surface area contributed by atoms with Crippen LogP contribution in [0.5, 0.6) is 0 Å². The van der Waals surface area contributed by atoms with Gasteiger partial charge in [-0.1, -0.05) is 35.9 Å². The quantitative estimate of drug-likeness (QED) is 0.428.